The van der Waals surface area contributed by atoms with Crippen LogP contribution < -0.4 is 0 Å². The molecule has 0 unspecified atom stereocenters. The number of methoxy groups -OCH3 is 1. The Hall–Kier alpha value is -3.47. The van der Waals surface area contributed by atoms with Gasteiger partial charge in [-0.3, -0.25) is 0 Å². The maximum atomic E-state index is 13.1. The molecule has 0 aliphatic carbocycles. The van der Waals surface area contributed by atoms with Crippen molar-refractivity contribution in [2.75, 3.05) is 7.11 Å². The van der Waals surface area contributed by atoms with Gasteiger partial charge in [-0.25, -0.2) is 14.2 Å². The van der Waals surface area contributed by atoms with Crippen LogP contribution in [0.1, 0.15) is 15.9 Å². The number of benzene rings is 2. The van der Waals surface area contributed by atoms with Crippen LogP contribution in [0.2, 0.25) is 0 Å². The van der Waals surface area contributed by atoms with E-state index in [2.05, 4.69) is 4.98 Å². The summed E-state index contributed by atoms with van der Waals surface area (Å²) in [5.41, 5.74) is 4.55. The third-order valence-corrected chi connectivity index (χ3v) is 4.47. The first-order valence-electron chi connectivity index (χ1n) is 8.40. The monoisotopic (exact) mass is 361 g/mol. The Labute approximate surface area is 155 Å². The van der Waals surface area contributed by atoms with Gasteiger partial charge in [0.15, 0.2) is 0 Å². The van der Waals surface area contributed by atoms with Gasteiger partial charge < -0.3 is 9.15 Å². The first-order valence-corrected chi connectivity index (χ1v) is 8.40. The topological polar surface area (TPSA) is 52.3 Å². The van der Waals surface area contributed by atoms with Gasteiger partial charge in [0.2, 0.25) is 5.71 Å². The Balaban J connectivity index is 1.78. The van der Waals surface area contributed by atoms with Crippen LogP contribution in [0.25, 0.3) is 33.6 Å². The van der Waals surface area contributed by atoms with Crippen LogP contribution in [0.15, 0.2) is 65.2 Å². The second-order valence-electron chi connectivity index (χ2n) is 6.26. The van der Waals surface area contributed by atoms with Crippen molar-refractivity contribution in [1.29, 1.82) is 0 Å². The van der Waals surface area contributed by atoms with E-state index >= 15 is 0 Å². The molecule has 134 valence electrons. The van der Waals surface area contributed by atoms with Crippen LogP contribution >= 0.6 is 0 Å². The summed E-state index contributed by atoms with van der Waals surface area (Å²) in [4.78, 5) is 16.2. The summed E-state index contributed by atoms with van der Waals surface area (Å²) < 4.78 is 23.7. The average Bonchev–Trinajstić information content (AvgIpc) is 3.11. The molecule has 27 heavy (non-hydrogen) atoms. The van der Waals surface area contributed by atoms with Gasteiger partial charge in [0, 0.05) is 22.7 Å². The van der Waals surface area contributed by atoms with Crippen molar-refractivity contribution in [3.63, 3.8) is 0 Å². The van der Waals surface area contributed by atoms with Crippen molar-refractivity contribution in [2.24, 2.45) is 0 Å². The highest BCUT2D eigenvalue weighted by atomic mass is 19.1. The smallest absolute Gasteiger partial charge is 0.337 e. The lowest BCUT2D eigenvalue weighted by Crippen LogP contribution is -2.01. The van der Waals surface area contributed by atoms with Gasteiger partial charge in [0.05, 0.1) is 12.7 Å². The lowest BCUT2D eigenvalue weighted by molar-refractivity contribution is 0.0601. The molecule has 0 bridgehead atoms. The summed E-state index contributed by atoms with van der Waals surface area (Å²) >= 11 is 0. The molecule has 0 aliphatic rings. The Kier molecular flexibility index (Phi) is 4.20. The van der Waals surface area contributed by atoms with Crippen LogP contribution in [0, 0.1) is 12.7 Å². The lowest BCUT2D eigenvalue weighted by Gasteiger charge is -2.08. The molecule has 0 N–H and O–H groups in total. The van der Waals surface area contributed by atoms with Crippen molar-refractivity contribution in [3.8, 4) is 22.5 Å². The molecule has 0 atom stereocenters. The van der Waals surface area contributed by atoms with E-state index in [4.69, 9.17) is 9.15 Å². The molecule has 2 aromatic carbocycles. The molecule has 2 aromatic heterocycles. The standard InChI is InChI=1S/C22H16FNO3/c1-13-3-4-15(22(25)26-2)10-19(13)17-9-16-11-20(27-21(16)24-12-17)14-5-7-18(23)8-6-14/h3-12H,1-2H3. The minimum Gasteiger partial charge on any atom is -0.465 e. The zero-order valence-corrected chi connectivity index (χ0v) is 14.8. The van der Waals surface area contributed by atoms with Crippen LogP contribution in [0.5, 0.6) is 0 Å². The highest BCUT2D eigenvalue weighted by Gasteiger charge is 2.13. The molecule has 2 heterocycles. The number of ether oxygens (including phenoxy) is 1. The molecular weight excluding hydrogens is 345 g/mol. The summed E-state index contributed by atoms with van der Waals surface area (Å²) in [6.45, 7) is 1.97. The number of furan rings is 1. The molecule has 5 heteroatoms. The van der Waals surface area contributed by atoms with Crippen molar-refractivity contribution >= 4 is 17.1 Å². The number of fused-ring (bicyclic) bond motifs is 1. The fourth-order valence-electron chi connectivity index (χ4n) is 3.01. The Bertz CT molecular complexity index is 1150. The van der Waals surface area contributed by atoms with Gasteiger partial charge in [-0.15, -0.1) is 0 Å². The normalized spacial score (nSPS) is 10.9. The number of carbonyl (C=O) groups excluding carboxylic acids is 1. The van der Waals surface area contributed by atoms with Gasteiger partial charge >= 0.3 is 5.97 Å². The third-order valence-electron chi connectivity index (χ3n) is 4.47. The van der Waals surface area contributed by atoms with E-state index in [1.165, 1.54) is 19.2 Å². The van der Waals surface area contributed by atoms with Crippen LogP contribution in [0.4, 0.5) is 4.39 Å². The molecule has 0 spiro atoms. The average molecular weight is 361 g/mol. The van der Waals surface area contributed by atoms with E-state index in [9.17, 15) is 9.18 Å². The number of esters is 1. The molecule has 0 amide bonds. The van der Waals surface area contributed by atoms with Crippen molar-refractivity contribution in [2.45, 2.75) is 6.92 Å². The summed E-state index contributed by atoms with van der Waals surface area (Å²) in [5, 5.41) is 0.828. The number of halogens is 1. The maximum Gasteiger partial charge on any atom is 0.337 e. The number of nitrogens with zero attached hydrogens (tertiary/aromatic N) is 1. The summed E-state index contributed by atoms with van der Waals surface area (Å²) in [6, 6.07) is 15.4. The summed E-state index contributed by atoms with van der Waals surface area (Å²) in [5.74, 6) is -0.0573. The number of hydrogen-bond acceptors (Lipinski definition) is 4. The second kappa shape index (κ2) is 6.68. The quantitative estimate of drug-likeness (QED) is 0.459. The predicted molar refractivity (Wildman–Crippen MR) is 101 cm³/mol. The van der Waals surface area contributed by atoms with Crippen molar-refractivity contribution < 1.29 is 18.3 Å². The molecule has 4 aromatic rings. The molecule has 0 aliphatic heterocycles. The maximum absolute atomic E-state index is 13.1. The molecule has 4 nitrogen and oxygen atoms in total. The molecule has 0 fully saturated rings. The van der Waals surface area contributed by atoms with Gasteiger partial charge in [-0.2, -0.15) is 0 Å². The lowest BCUT2D eigenvalue weighted by atomic mass is 9.99. The Morgan fingerprint density at radius 1 is 1.04 bits per heavy atom. The van der Waals surface area contributed by atoms with E-state index in [0.29, 0.717) is 17.0 Å². The van der Waals surface area contributed by atoms with Gasteiger partial charge in [0.25, 0.3) is 0 Å². The minimum absolute atomic E-state index is 0.295. The third kappa shape index (κ3) is 3.19. The fraction of sp³-hybridized carbons (Fsp3) is 0.0909. The Morgan fingerprint density at radius 2 is 1.81 bits per heavy atom. The predicted octanol–water partition coefficient (Wildman–Crippen LogP) is 5.40. The summed E-state index contributed by atoms with van der Waals surface area (Å²) in [6.07, 6.45) is 1.71. The minimum atomic E-state index is -0.382. The second-order valence-corrected chi connectivity index (χ2v) is 6.26. The van der Waals surface area contributed by atoms with Crippen LogP contribution in [-0.4, -0.2) is 18.1 Å². The van der Waals surface area contributed by atoms with Gasteiger partial charge in [-0.1, -0.05) is 6.07 Å². The van der Waals surface area contributed by atoms with Crippen molar-refractivity contribution in [3.05, 3.63) is 77.7 Å². The Morgan fingerprint density at radius 3 is 2.56 bits per heavy atom. The SMILES string of the molecule is COC(=O)c1ccc(C)c(-c2cnc3oc(-c4ccc(F)cc4)cc3c2)c1. The number of aromatic nitrogens is 1. The van der Waals surface area contributed by atoms with E-state index in [1.54, 1.807) is 30.5 Å². The van der Waals surface area contributed by atoms with E-state index < -0.39 is 0 Å². The number of aryl methyl sites for hydroxylation is 1. The van der Waals surface area contributed by atoms with Crippen molar-refractivity contribution in [1.82, 2.24) is 4.98 Å². The zero-order chi connectivity index (χ0) is 19.0. The number of hydrogen-bond donors (Lipinski definition) is 0. The van der Waals surface area contributed by atoms with E-state index in [1.807, 2.05) is 25.1 Å². The molecule has 0 saturated heterocycles. The van der Waals surface area contributed by atoms with Crippen LogP contribution in [0.3, 0.4) is 0 Å². The number of rotatable bonds is 3. The molecule has 0 saturated carbocycles. The first kappa shape index (κ1) is 17.0. The largest absolute Gasteiger partial charge is 0.465 e. The van der Waals surface area contributed by atoms with E-state index in [0.717, 1.165) is 27.6 Å². The number of pyridine rings is 1. The van der Waals surface area contributed by atoms with Gasteiger partial charge in [-0.05, 0) is 66.6 Å². The fourth-order valence-corrected chi connectivity index (χ4v) is 3.01. The number of carbonyl (C=O) groups is 1. The molecule has 0 radical (unpaired) electrons. The highest BCUT2D eigenvalue weighted by Crippen LogP contribution is 2.31. The summed E-state index contributed by atoms with van der Waals surface area (Å²) in [7, 11) is 1.36. The van der Waals surface area contributed by atoms with Gasteiger partial charge in [0.1, 0.15) is 11.6 Å². The zero-order valence-electron chi connectivity index (χ0n) is 14.8. The van der Waals surface area contributed by atoms with E-state index in [-0.39, 0.29) is 11.8 Å². The first-order chi connectivity index (χ1) is 13.0. The van der Waals surface area contributed by atoms with Crippen LogP contribution in [-0.2, 0) is 4.74 Å². The highest BCUT2D eigenvalue weighted by molar-refractivity contribution is 5.92. The molecule has 4 rings (SSSR count). The molecular formula is C22H16FNO3.